The Morgan fingerprint density at radius 3 is 2.59 bits per heavy atom. The van der Waals surface area contributed by atoms with E-state index in [1.165, 1.54) is 10.4 Å². The number of para-hydroxylation sites is 1. The summed E-state index contributed by atoms with van der Waals surface area (Å²) in [5.74, 6) is 0.181. The number of piperidine rings is 1. The van der Waals surface area contributed by atoms with Gasteiger partial charge in [-0.25, -0.2) is 21.6 Å². The van der Waals surface area contributed by atoms with Crippen molar-refractivity contribution in [2.45, 2.75) is 60.6 Å². The fourth-order valence-electron chi connectivity index (χ4n) is 4.99. The first-order chi connectivity index (χ1) is 18.5. The van der Waals surface area contributed by atoms with Crippen LogP contribution in [-0.4, -0.2) is 83.4 Å². The van der Waals surface area contributed by atoms with Gasteiger partial charge in [-0.15, -0.1) is 0 Å². The normalized spacial score (nSPS) is 20.8. The van der Waals surface area contributed by atoms with Gasteiger partial charge in [-0.3, -0.25) is 0 Å². The number of ether oxygens (including phenoxy) is 2. The van der Waals surface area contributed by atoms with Gasteiger partial charge in [-0.1, -0.05) is 35.0 Å². The Labute approximate surface area is 239 Å². The Bertz CT molecular complexity index is 1360. The van der Waals surface area contributed by atoms with Gasteiger partial charge in [0, 0.05) is 36.7 Å². The average Bonchev–Trinajstić information content (AvgIpc) is 3.30. The summed E-state index contributed by atoms with van der Waals surface area (Å²) in [5.41, 5.74) is 0.480. The van der Waals surface area contributed by atoms with Crippen molar-refractivity contribution >= 4 is 36.0 Å². The number of sulfonamides is 2. The predicted molar refractivity (Wildman–Crippen MR) is 151 cm³/mol. The molecule has 4 rings (SSSR count). The summed E-state index contributed by atoms with van der Waals surface area (Å²) < 4.78 is 67.7. The van der Waals surface area contributed by atoms with Crippen LogP contribution in [0.3, 0.4) is 0 Å². The second-order valence-electron chi connectivity index (χ2n) is 10.0. The number of halogens is 1. The molecule has 10 nitrogen and oxygen atoms in total. The van der Waals surface area contributed by atoms with Gasteiger partial charge in [0.05, 0.1) is 17.1 Å². The molecular weight excluding hydrogens is 610 g/mol. The van der Waals surface area contributed by atoms with Gasteiger partial charge < -0.3 is 19.9 Å². The number of benzene rings is 2. The van der Waals surface area contributed by atoms with Crippen molar-refractivity contribution in [1.29, 1.82) is 0 Å². The van der Waals surface area contributed by atoms with E-state index >= 15 is 0 Å². The number of nitrogens with zero attached hydrogens (tertiary/aromatic N) is 1. The summed E-state index contributed by atoms with van der Waals surface area (Å²) in [4.78, 5) is 0.325. The molecule has 2 atom stereocenters. The minimum Gasteiger partial charge on any atom is -0.489 e. The average molecular weight is 647 g/mol. The Balaban J connectivity index is 1.25. The minimum absolute atomic E-state index is 0.0124. The number of aliphatic hydroxyl groups is 1. The molecule has 216 valence electrons. The SMILES string of the molecule is CCNS(=O)(=O)c1ccccc1OC[C@@H](O)CNC1COC2(CCN(S(=O)(=O)c3ccc(Br)c(C)c3)CC2)C1. The van der Waals surface area contributed by atoms with Crippen LogP contribution in [0.25, 0.3) is 0 Å². The van der Waals surface area contributed by atoms with Gasteiger partial charge in [0.15, 0.2) is 0 Å². The molecule has 1 spiro atoms. The molecule has 2 aliphatic rings. The van der Waals surface area contributed by atoms with Crippen LogP contribution in [0, 0.1) is 6.92 Å². The molecule has 39 heavy (non-hydrogen) atoms. The number of hydrogen-bond acceptors (Lipinski definition) is 8. The fraction of sp³-hybridized carbons (Fsp3) is 0.538. The molecule has 13 heteroatoms. The minimum atomic E-state index is -3.69. The summed E-state index contributed by atoms with van der Waals surface area (Å²) in [6.45, 7) is 5.23. The zero-order valence-electron chi connectivity index (χ0n) is 22.1. The van der Waals surface area contributed by atoms with Crippen LogP contribution in [0.15, 0.2) is 56.7 Å². The van der Waals surface area contributed by atoms with Crippen molar-refractivity contribution in [2.24, 2.45) is 0 Å². The molecule has 0 aliphatic carbocycles. The number of hydrogen-bond donors (Lipinski definition) is 3. The van der Waals surface area contributed by atoms with Crippen LogP contribution in [0.4, 0.5) is 0 Å². The lowest BCUT2D eigenvalue weighted by atomic mass is 9.88. The lowest BCUT2D eigenvalue weighted by Crippen LogP contribution is -2.47. The number of nitrogens with one attached hydrogen (secondary N) is 2. The number of aliphatic hydroxyl groups excluding tert-OH is 1. The smallest absolute Gasteiger partial charge is 0.244 e. The second kappa shape index (κ2) is 12.5. The quantitative estimate of drug-likeness (QED) is 0.339. The van der Waals surface area contributed by atoms with Crippen molar-refractivity contribution in [1.82, 2.24) is 14.3 Å². The van der Waals surface area contributed by atoms with Crippen molar-refractivity contribution in [2.75, 3.05) is 39.4 Å². The monoisotopic (exact) mass is 645 g/mol. The van der Waals surface area contributed by atoms with E-state index in [9.17, 15) is 21.9 Å². The summed E-state index contributed by atoms with van der Waals surface area (Å²) in [6.07, 6.45) is 1.05. The lowest BCUT2D eigenvalue weighted by molar-refractivity contribution is -0.0312. The highest BCUT2D eigenvalue weighted by Crippen LogP contribution is 2.37. The van der Waals surface area contributed by atoms with E-state index in [2.05, 4.69) is 26.0 Å². The van der Waals surface area contributed by atoms with Crippen molar-refractivity contribution in [3.63, 3.8) is 0 Å². The van der Waals surface area contributed by atoms with Gasteiger partial charge in [-0.05, 0) is 62.1 Å². The third-order valence-corrected chi connectivity index (χ3v) is 11.5. The molecule has 0 bridgehead atoms. The summed E-state index contributed by atoms with van der Waals surface area (Å²) in [5, 5.41) is 13.8. The van der Waals surface area contributed by atoms with Gasteiger partial charge >= 0.3 is 0 Å². The van der Waals surface area contributed by atoms with E-state index in [-0.39, 0.29) is 42.0 Å². The second-order valence-corrected chi connectivity index (χ2v) is 14.6. The topological polar surface area (TPSA) is 134 Å². The maximum absolute atomic E-state index is 13.1. The van der Waals surface area contributed by atoms with Gasteiger partial charge in [0.25, 0.3) is 0 Å². The first-order valence-corrected chi connectivity index (χ1v) is 16.7. The molecule has 0 aromatic heterocycles. The first-order valence-electron chi connectivity index (χ1n) is 13.0. The highest BCUT2D eigenvalue weighted by Gasteiger charge is 2.44. The summed E-state index contributed by atoms with van der Waals surface area (Å²) in [6, 6.07) is 11.4. The Hall–Kier alpha value is -1.58. The van der Waals surface area contributed by atoms with Crippen LogP contribution in [0.1, 0.15) is 31.7 Å². The first kappa shape index (κ1) is 30.4. The van der Waals surface area contributed by atoms with E-state index in [1.807, 2.05) is 6.92 Å². The molecule has 0 amide bonds. The Morgan fingerprint density at radius 1 is 1.18 bits per heavy atom. The third kappa shape index (κ3) is 7.20. The molecule has 3 N–H and O–H groups in total. The molecule has 0 saturated carbocycles. The summed E-state index contributed by atoms with van der Waals surface area (Å²) in [7, 11) is -7.27. The highest BCUT2D eigenvalue weighted by molar-refractivity contribution is 9.10. The fourth-order valence-corrected chi connectivity index (χ4v) is 7.95. The number of aryl methyl sites for hydroxylation is 1. The standard InChI is InChI=1S/C26H36BrN3O7S2/c1-3-29-38(32,33)25-7-5-4-6-24(25)36-18-21(31)16-28-20-15-26(37-17-20)10-12-30(13-11-26)39(34,35)22-8-9-23(27)19(2)14-22/h4-9,14,20-21,28-29,31H,3,10-13,15-18H2,1-2H3/t20?,21-/m0/s1. The van der Waals surface area contributed by atoms with E-state index in [0.29, 0.717) is 37.4 Å². The van der Waals surface area contributed by atoms with E-state index < -0.39 is 26.2 Å². The van der Waals surface area contributed by atoms with E-state index in [1.54, 1.807) is 43.3 Å². The molecule has 2 fully saturated rings. The van der Waals surface area contributed by atoms with Crippen molar-refractivity contribution in [3.05, 3.63) is 52.5 Å². The molecule has 1 unspecified atom stereocenters. The molecule has 2 saturated heterocycles. The molecular formula is C26H36BrN3O7S2. The largest absolute Gasteiger partial charge is 0.489 e. The zero-order chi connectivity index (χ0) is 28.3. The lowest BCUT2D eigenvalue weighted by Gasteiger charge is -2.38. The van der Waals surface area contributed by atoms with E-state index in [4.69, 9.17) is 9.47 Å². The number of rotatable bonds is 11. The highest BCUT2D eigenvalue weighted by atomic mass is 79.9. The van der Waals surface area contributed by atoms with Crippen LogP contribution < -0.4 is 14.8 Å². The Morgan fingerprint density at radius 2 is 1.90 bits per heavy atom. The molecule has 2 aromatic carbocycles. The molecule has 0 radical (unpaired) electrons. The van der Waals surface area contributed by atoms with Gasteiger partial charge in [-0.2, -0.15) is 4.31 Å². The molecule has 2 heterocycles. The third-order valence-electron chi connectivity index (χ3n) is 7.16. The van der Waals surface area contributed by atoms with Crippen LogP contribution in [0.2, 0.25) is 0 Å². The van der Waals surface area contributed by atoms with Crippen LogP contribution in [0.5, 0.6) is 5.75 Å². The zero-order valence-corrected chi connectivity index (χ0v) is 25.3. The van der Waals surface area contributed by atoms with Crippen molar-refractivity contribution in [3.8, 4) is 5.75 Å². The molecule has 2 aliphatic heterocycles. The van der Waals surface area contributed by atoms with Crippen LogP contribution in [-0.2, 0) is 24.8 Å². The molecule has 2 aromatic rings. The van der Waals surface area contributed by atoms with Crippen molar-refractivity contribution < 1.29 is 31.4 Å². The van der Waals surface area contributed by atoms with Crippen LogP contribution >= 0.6 is 15.9 Å². The van der Waals surface area contributed by atoms with Gasteiger partial charge in [0.2, 0.25) is 20.0 Å². The van der Waals surface area contributed by atoms with Gasteiger partial charge in [0.1, 0.15) is 23.4 Å². The maximum Gasteiger partial charge on any atom is 0.244 e. The predicted octanol–water partition coefficient (Wildman–Crippen LogP) is 2.40. The summed E-state index contributed by atoms with van der Waals surface area (Å²) >= 11 is 3.42. The Kier molecular flexibility index (Phi) is 9.75. The maximum atomic E-state index is 13.1. The van der Waals surface area contributed by atoms with E-state index in [0.717, 1.165) is 16.5 Å².